The van der Waals surface area contributed by atoms with Crippen molar-refractivity contribution in [3.63, 3.8) is 0 Å². The van der Waals surface area contributed by atoms with E-state index >= 15 is 0 Å². The molecule has 1 aromatic heterocycles. The molecule has 0 saturated heterocycles. The van der Waals surface area contributed by atoms with Gasteiger partial charge in [-0.05, 0) is 41.6 Å². The van der Waals surface area contributed by atoms with E-state index in [4.69, 9.17) is 17.3 Å². The number of nitrogens with zero attached hydrogens (tertiary/aromatic N) is 1. The van der Waals surface area contributed by atoms with Crippen LogP contribution in [0.1, 0.15) is 44.1 Å². The number of carbonyl (C=O) groups excluding carboxylic acids is 1. The zero-order valence-corrected chi connectivity index (χ0v) is 11.4. The van der Waals surface area contributed by atoms with Crippen LogP contribution in [0.4, 0.5) is 0 Å². The molecule has 0 aliphatic heterocycles. The van der Waals surface area contributed by atoms with E-state index in [9.17, 15) is 4.79 Å². The van der Waals surface area contributed by atoms with Gasteiger partial charge in [-0.2, -0.15) is 0 Å². The van der Waals surface area contributed by atoms with Gasteiger partial charge in [-0.15, -0.1) is 0 Å². The second kappa shape index (κ2) is 9.06. The predicted octanol–water partition coefficient (Wildman–Crippen LogP) is 3.26. The molecule has 0 radical (unpaired) electrons. The summed E-state index contributed by atoms with van der Waals surface area (Å²) < 4.78 is 0. The highest BCUT2D eigenvalue weighted by Gasteiger charge is 2.15. The van der Waals surface area contributed by atoms with Crippen LogP contribution in [0.2, 0.25) is 0 Å². The molecule has 0 aromatic carbocycles. The molecule has 18 heavy (non-hydrogen) atoms. The monoisotopic (exact) mass is 268 g/mol. The molecule has 4 heteroatoms. The third kappa shape index (κ3) is 6.72. The lowest BCUT2D eigenvalue weighted by atomic mass is 10.0. The van der Waals surface area contributed by atoms with Crippen LogP contribution >= 0.6 is 11.6 Å². The van der Waals surface area contributed by atoms with E-state index in [1.54, 1.807) is 12.4 Å². The Labute approximate surface area is 114 Å². The lowest BCUT2D eigenvalue weighted by molar-refractivity contribution is -0.111. The zero-order valence-electron chi connectivity index (χ0n) is 10.6. The summed E-state index contributed by atoms with van der Waals surface area (Å²) in [6, 6.07) is 3.81. The largest absolute Gasteiger partial charge is 0.326 e. The molecule has 1 aliphatic carbocycles. The minimum atomic E-state index is -0.174. The molecule has 2 N–H and O–H groups in total. The van der Waals surface area contributed by atoms with Crippen molar-refractivity contribution in [3.8, 4) is 0 Å². The van der Waals surface area contributed by atoms with Crippen LogP contribution in [-0.4, -0.2) is 10.2 Å². The first-order valence-corrected chi connectivity index (χ1v) is 6.87. The quantitative estimate of drug-likeness (QED) is 0.853. The van der Waals surface area contributed by atoms with E-state index in [0.29, 0.717) is 13.0 Å². The highest BCUT2D eigenvalue weighted by Crippen LogP contribution is 2.28. The Morgan fingerprint density at radius 3 is 2.39 bits per heavy atom. The Morgan fingerprint density at radius 1 is 1.33 bits per heavy atom. The van der Waals surface area contributed by atoms with Crippen molar-refractivity contribution in [2.75, 3.05) is 0 Å². The van der Waals surface area contributed by atoms with Gasteiger partial charge in [0.25, 0.3) is 0 Å². The number of carbonyl (C=O) groups is 1. The molecule has 0 amide bonds. The van der Waals surface area contributed by atoms with Gasteiger partial charge in [0.05, 0.1) is 0 Å². The summed E-state index contributed by atoms with van der Waals surface area (Å²) in [6.45, 7) is 0.600. The summed E-state index contributed by atoms with van der Waals surface area (Å²) in [5.41, 5.74) is 6.45. The molecular weight excluding hydrogens is 248 g/mol. The summed E-state index contributed by atoms with van der Waals surface area (Å²) >= 11 is 5.22. The summed E-state index contributed by atoms with van der Waals surface area (Å²) in [5, 5.41) is -0.174. The standard InChI is InChI=1S/C8H13ClO.C6H8N2/c9-8(10)6-5-7-3-1-2-4-7;7-5-6-1-3-8-4-2-6/h7H,1-6H2;1-4H,5,7H2. The first kappa shape index (κ1) is 15.1. The second-order valence-electron chi connectivity index (χ2n) is 4.60. The molecule has 1 aliphatic rings. The van der Waals surface area contributed by atoms with Gasteiger partial charge < -0.3 is 5.73 Å². The summed E-state index contributed by atoms with van der Waals surface area (Å²) in [7, 11) is 0. The van der Waals surface area contributed by atoms with Crippen LogP contribution in [0.3, 0.4) is 0 Å². The summed E-state index contributed by atoms with van der Waals surface area (Å²) in [6.07, 6.45) is 10.4. The third-order valence-corrected chi connectivity index (χ3v) is 3.40. The van der Waals surface area contributed by atoms with Crippen LogP contribution < -0.4 is 5.73 Å². The van der Waals surface area contributed by atoms with Crippen molar-refractivity contribution in [2.24, 2.45) is 11.7 Å². The molecule has 1 heterocycles. The zero-order chi connectivity index (χ0) is 13.2. The van der Waals surface area contributed by atoms with Gasteiger partial charge in [0, 0.05) is 25.4 Å². The van der Waals surface area contributed by atoms with Crippen LogP contribution in [0.5, 0.6) is 0 Å². The number of pyridine rings is 1. The smallest absolute Gasteiger partial charge is 0.221 e. The first-order chi connectivity index (χ1) is 8.72. The molecule has 3 nitrogen and oxygen atoms in total. The molecule has 1 aromatic rings. The first-order valence-electron chi connectivity index (χ1n) is 6.49. The van der Waals surface area contributed by atoms with Crippen molar-refractivity contribution < 1.29 is 4.79 Å². The normalized spacial score (nSPS) is 15.0. The highest BCUT2D eigenvalue weighted by atomic mass is 35.5. The van der Waals surface area contributed by atoms with E-state index in [0.717, 1.165) is 17.9 Å². The fourth-order valence-electron chi connectivity index (χ4n) is 2.14. The van der Waals surface area contributed by atoms with Crippen LogP contribution in [0.25, 0.3) is 0 Å². The Hall–Kier alpha value is -0.930. The van der Waals surface area contributed by atoms with Gasteiger partial charge in [-0.25, -0.2) is 0 Å². The third-order valence-electron chi connectivity index (χ3n) is 3.21. The molecule has 100 valence electrons. The van der Waals surface area contributed by atoms with E-state index < -0.39 is 0 Å². The number of halogens is 1. The number of hydrogen-bond donors (Lipinski definition) is 1. The lowest BCUT2D eigenvalue weighted by Crippen LogP contribution is -1.95. The number of nitrogens with two attached hydrogens (primary N) is 1. The van der Waals surface area contributed by atoms with Crippen molar-refractivity contribution >= 4 is 16.8 Å². The molecule has 1 saturated carbocycles. The Kier molecular flexibility index (Phi) is 7.62. The van der Waals surface area contributed by atoms with Gasteiger partial charge in [0.2, 0.25) is 5.24 Å². The Morgan fingerprint density at radius 2 is 1.94 bits per heavy atom. The molecule has 1 fully saturated rings. The van der Waals surface area contributed by atoms with Crippen molar-refractivity contribution in [1.82, 2.24) is 4.98 Å². The maximum atomic E-state index is 10.4. The molecule has 0 bridgehead atoms. The average molecular weight is 269 g/mol. The predicted molar refractivity (Wildman–Crippen MR) is 74.2 cm³/mol. The second-order valence-corrected chi connectivity index (χ2v) is 5.03. The van der Waals surface area contributed by atoms with Gasteiger partial charge in [0.15, 0.2) is 0 Å². The van der Waals surface area contributed by atoms with Crippen LogP contribution in [-0.2, 0) is 11.3 Å². The van der Waals surface area contributed by atoms with Gasteiger partial charge in [-0.1, -0.05) is 25.7 Å². The SMILES string of the molecule is NCc1ccncc1.O=C(Cl)CCC1CCCC1. The van der Waals surface area contributed by atoms with E-state index in [2.05, 4.69) is 4.98 Å². The van der Waals surface area contributed by atoms with Crippen LogP contribution in [0.15, 0.2) is 24.5 Å². The Balaban J connectivity index is 0.000000184. The van der Waals surface area contributed by atoms with Crippen LogP contribution in [0, 0.1) is 5.92 Å². The molecule has 0 unspecified atom stereocenters. The maximum absolute atomic E-state index is 10.4. The molecular formula is C14H21ClN2O. The molecule has 2 rings (SSSR count). The fourth-order valence-corrected chi connectivity index (χ4v) is 2.24. The number of aromatic nitrogens is 1. The number of hydrogen-bond acceptors (Lipinski definition) is 3. The maximum Gasteiger partial charge on any atom is 0.221 e. The van der Waals surface area contributed by atoms with Gasteiger partial charge in [-0.3, -0.25) is 9.78 Å². The molecule has 0 atom stereocenters. The summed E-state index contributed by atoms with van der Waals surface area (Å²) in [5.74, 6) is 0.794. The Bertz CT molecular complexity index is 337. The average Bonchev–Trinajstić information content (AvgIpc) is 2.91. The van der Waals surface area contributed by atoms with Crippen molar-refractivity contribution in [1.29, 1.82) is 0 Å². The minimum Gasteiger partial charge on any atom is -0.326 e. The van der Waals surface area contributed by atoms with E-state index in [1.807, 2.05) is 12.1 Å². The highest BCUT2D eigenvalue weighted by molar-refractivity contribution is 6.63. The topological polar surface area (TPSA) is 56.0 Å². The number of rotatable bonds is 4. The van der Waals surface area contributed by atoms with Crippen molar-refractivity contribution in [2.45, 2.75) is 45.1 Å². The minimum absolute atomic E-state index is 0.174. The van der Waals surface area contributed by atoms with Gasteiger partial charge >= 0.3 is 0 Å². The van der Waals surface area contributed by atoms with Crippen molar-refractivity contribution in [3.05, 3.63) is 30.1 Å². The fraction of sp³-hybridized carbons (Fsp3) is 0.571. The summed E-state index contributed by atoms with van der Waals surface area (Å²) in [4.78, 5) is 14.2. The van der Waals surface area contributed by atoms with E-state index in [1.165, 1.54) is 25.7 Å². The van der Waals surface area contributed by atoms with E-state index in [-0.39, 0.29) is 5.24 Å². The lowest BCUT2D eigenvalue weighted by Gasteiger charge is -2.04. The van der Waals surface area contributed by atoms with Gasteiger partial charge in [0.1, 0.15) is 0 Å². The molecule has 0 spiro atoms.